The highest BCUT2D eigenvalue weighted by atomic mass is 32.2. The molecule has 0 saturated carbocycles. The maximum absolute atomic E-state index is 11.6. The van der Waals surface area contributed by atoms with E-state index in [1.807, 2.05) is 30.3 Å². The molecule has 0 bridgehead atoms. The molecule has 138 valence electrons. The van der Waals surface area contributed by atoms with Crippen LogP contribution in [-0.2, 0) is 10.1 Å². The molecule has 3 aromatic carbocycles. The fourth-order valence-corrected chi connectivity index (χ4v) is 3.22. The molecule has 9 nitrogen and oxygen atoms in total. The monoisotopic (exact) mass is 386 g/mol. The molecule has 0 saturated heterocycles. The van der Waals surface area contributed by atoms with Crippen molar-refractivity contribution in [3.8, 4) is 0 Å². The average Bonchev–Trinajstić information content (AvgIpc) is 2.65. The lowest BCUT2D eigenvalue weighted by molar-refractivity contribution is -0.385. The number of nitro groups is 1. The maximum Gasteiger partial charge on any atom is 0.297 e. The van der Waals surface area contributed by atoms with Crippen LogP contribution in [0.1, 0.15) is 0 Å². The Morgan fingerprint density at radius 1 is 1.07 bits per heavy atom. The molecular weight excluding hydrogens is 372 g/mol. The topological polar surface area (TPSA) is 134 Å². The lowest BCUT2D eigenvalue weighted by Crippen LogP contribution is -2.00. The third-order valence-electron chi connectivity index (χ3n) is 3.86. The van der Waals surface area contributed by atoms with E-state index in [0.717, 1.165) is 29.0 Å². The number of benzene rings is 3. The van der Waals surface area contributed by atoms with E-state index < -0.39 is 25.6 Å². The standard InChI is InChI=1S/C17H14N4O5S/c1-18-15-8-6-11-4-2-3-5-13(11)17(15)20-19-14-9-7-12(21(22)23)10-16(14)27(24,25)26/h2-10,18H,1H3,(H,24,25,26). The largest absolute Gasteiger partial charge is 0.386 e. The Morgan fingerprint density at radius 2 is 1.81 bits per heavy atom. The van der Waals surface area contributed by atoms with Crippen molar-refractivity contribution in [1.29, 1.82) is 0 Å². The minimum Gasteiger partial charge on any atom is -0.386 e. The fourth-order valence-electron chi connectivity index (χ4n) is 2.57. The van der Waals surface area contributed by atoms with Gasteiger partial charge in [0.2, 0.25) is 0 Å². The second kappa shape index (κ2) is 7.09. The zero-order chi connectivity index (χ0) is 19.6. The minimum absolute atomic E-state index is 0.210. The van der Waals surface area contributed by atoms with Crippen LogP contribution >= 0.6 is 0 Å². The highest BCUT2D eigenvalue weighted by Crippen LogP contribution is 2.36. The number of non-ortho nitro benzene ring substituents is 1. The van der Waals surface area contributed by atoms with Crippen molar-refractivity contribution in [3.63, 3.8) is 0 Å². The fraction of sp³-hybridized carbons (Fsp3) is 0.0588. The summed E-state index contributed by atoms with van der Waals surface area (Å²) in [6.07, 6.45) is 0. The lowest BCUT2D eigenvalue weighted by atomic mass is 10.1. The van der Waals surface area contributed by atoms with Gasteiger partial charge in [-0.15, -0.1) is 10.2 Å². The Balaban J connectivity index is 2.17. The molecule has 0 heterocycles. The Hall–Kier alpha value is -3.37. The lowest BCUT2D eigenvalue weighted by Gasteiger charge is -2.08. The van der Waals surface area contributed by atoms with Crippen molar-refractivity contribution in [2.75, 3.05) is 12.4 Å². The quantitative estimate of drug-likeness (QED) is 0.288. The highest BCUT2D eigenvalue weighted by Gasteiger charge is 2.20. The molecule has 2 N–H and O–H groups in total. The summed E-state index contributed by atoms with van der Waals surface area (Å²) in [7, 11) is -3.02. The van der Waals surface area contributed by atoms with Crippen molar-refractivity contribution >= 4 is 43.6 Å². The predicted molar refractivity (Wildman–Crippen MR) is 101 cm³/mol. The molecule has 0 amide bonds. The van der Waals surface area contributed by atoms with Gasteiger partial charge in [-0.1, -0.05) is 30.3 Å². The molecule has 0 aromatic heterocycles. The SMILES string of the molecule is CNc1ccc2ccccc2c1N=Nc1ccc([N+](=O)[O-])cc1S(=O)(=O)O. The van der Waals surface area contributed by atoms with Gasteiger partial charge in [0.1, 0.15) is 16.3 Å². The molecule has 0 aliphatic rings. The van der Waals surface area contributed by atoms with Gasteiger partial charge in [-0.05, 0) is 17.5 Å². The summed E-state index contributed by atoms with van der Waals surface area (Å²) >= 11 is 0. The van der Waals surface area contributed by atoms with Crippen molar-refractivity contribution in [2.24, 2.45) is 10.2 Å². The van der Waals surface area contributed by atoms with Crippen LogP contribution in [0.5, 0.6) is 0 Å². The molecule has 0 atom stereocenters. The summed E-state index contributed by atoms with van der Waals surface area (Å²) in [5.74, 6) is 0. The summed E-state index contributed by atoms with van der Waals surface area (Å²) in [6, 6.07) is 14.1. The summed E-state index contributed by atoms with van der Waals surface area (Å²) in [6.45, 7) is 0. The van der Waals surface area contributed by atoms with Gasteiger partial charge < -0.3 is 5.32 Å². The minimum atomic E-state index is -4.73. The molecule has 0 unspecified atom stereocenters. The number of nitrogens with one attached hydrogen (secondary N) is 1. The van der Waals surface area contributed by atoms with E-state index in [0.29, 0.717) is 11.4 Å². The first-order chi connectivity index (χ1) is 12.8. The number of hydrogen-bond donors (Lipinski definition) is 2. The number of nitrogens with zero attached hydrogens (tertiary/aromatic N) is 3. The van der Waals surface area contributed by atoms with Crippen LogP contribution in [0, 0.1) is 10.1 Å². The van der Waals surface area contributed by atoms with Gasteiger partial charge in [0.25, 0.3) is 15.8 Å². The van der Waals surface area contributed by atoms with Gasteiger partial charge >= 0.3 is 0 Å². The molecule has 0 radical (unpaired) electrons. The van der Waals surface area contributed by atoms with E-state index in [-0.39, 0.29) is 5.69 Å². The number of nitro benzene ring substituents is 1. The number of fused-ring (bicyclic) bond motifs is 1. The van der Waals surface area contributed by atoms with Gasteiger partial charge in [0.15, 0.2) is 0 Å². The predicted octanol–water partition coefficient (Wildman–Crippen LogP) is 4.45. The Morgan fingerprint density at radius 3 is 2.48 bits per heavy atom. The van der Waals surface area contributed by atoms with Crippen LogP contribution < -0.4 is 5.32 Å². The van der Waals surface area contributed by atoms with Crippen LogP contribution in [0.2, 0.25) is 0 Å². The molecule has 0 aliphatic heterocycles. The van der Waals surface area contributed by atoms with Crippen LogP contribution in [0.15, 0.2) is 69.7 Å². The van der Waals surface area contributed by atoms with Crippen LogP contribution in [0.4, 0.5) is 22.7 Å². The highest BCUT2D eigenvalue weighted by molar-refractivity contribution is 7.86. The third kappa shape index (κ3) is 3.76. The molecular formula is C17H14N4O5S. The van der Waals surface area contributed by atoms with Crippen molar-refractivity contribution < 1.29 is 17.9 Å². The Labute approximate surface area is 154 Å². The first-order valence-electron chi connectivity index (χ1n) is 7.68. The summed E-state index contributed by atoms with van der Waals surface area (Å²) < 4.78 is 32.6. The molecule has 10 heteroatoms. The van der Waals surface area contributed by atoms with Gasteiger partial charge in [-0.3, -0.25) is 14.7 Å². The van der Waals surface area contributed by atoms with Gasteiger partial charge in [-0.25, -0.2) is 0 Å². The van der Waals surface area contributed by atoms with Gasteiger partial charge in [-0.2, -0.15) is 8.42 Å². The van der Waals surface area contributed by atoms with Gasteiger partial charge in [0, 0.05) is 24.6 Å². The number of hydrogen-bond acceptors (Lipinski definition) is 7. The number of anilines is 1. The molecule has 0 fully saturated rings. The van der Waals surface area contributed by atoms with Crippen LogP contribution in [0.3, 0.4) is 0 Å². The smallest absolute Gasteiger partial charge is 0.297 e. The van der Waals surface area contributed by atoms with E-state index >= 15 is 0 Å². The molecule has 0 aliphatic carbocycles. The molecule has 27 heavy (non-hydrogen) atoms. The number of azo groups is 1. The first-order valence-corrected chi connectivity index (χ1v) is 9.12. The molecule has 0 spiro atoms. The average molecular weight is 386 g/mol. The van der Waals surface area contributed by atoms with Crippen LogP contribution in [-0.4, -0.2) is 24.9 Å². The second-order valence-electron chi connectivity index (χ2n) is 5.52. The summed E-state index contributed by atoms with van der Waals surface area (Å²) in [4.78, 5) is 9.41. The summed E-state index contributed by atoms with van der Waals surface area (Å²) in [5, 5.41) is 23.6. The zero-order valence-electron chi connectivity index (χ0n) is 14.0. The van der Waals surface area contributed by atoms with Crippen molar-refractivity contribution in [3.05, 3.63) is 64.7 Å². The third-order valence-corrected chi connectivity index (χ3v) is 4.74. The molecule has 3 aromatic rings. The van der Waals surface area contributed by atoms with Gasteiger partial charge in [0.05, 0.1) is 10.6 Å². The Kier molecular flexibility index (Phi) is 4.84. The summed E-state index contributed by atoms with van der Waals surface area (Å²) in [5.41, 5.74) is 0.434. The first kappa shape index (κ1) is 18.4. The van der Waals surface area contributed by atoms with E-state index in [1.165, 1.54) is 0 Å². The van der Waals surface area contributed by atoms with E-state index in [4.69, 9.17) is 0 Å². The molecule has 3 rings (SSSR count). The van der Waals surface area contributed by atoms with Crippen molar-refractivity contribution in [2.45, 2.75) is 4.90 Å². The van der Waals surface area contributed by atoms with E-state index in [2.05, 4.69) is 15.5 Å². The normalized spacial score (nSPS) is 11.8. The van der Waals surface area contributed by atoms with Crippen molar-refractivity contribution in [1.82, 2.24) is 0 Å². The zero-order valence-corrected chi connectivity index (χ0v) is 14.8. The maximum atomic E-state index is 11.6. The number of rotatable bonds is 5. The second-order valence-corrected chi connectivity index (χ2v) is 6.91. The van der Waals surface area contributed by atoms with Crippen LogP contribution in [0.25, 0.3) is 10.8 Å². The Bertz CT molecular complexity index is 1180. The van der Waals surface area contributed by atoms with E-state index in [1.54, 1.807) is 13.1 Å². The van der Waals surface area contributed by atoms with E-state index in [9.17, 15) is 23.1 Å².